The SMILES string of the molecule is CCCc1ccc(-c2nc(NC(=O)C3CSC4(C)CCC(=O)N34)sc2C)cc1. The Morgan fingerprint density at radius 1 is 1.36 bits per heavy atom. The Balaban J connectivity index is 1.49. The molecule has 2 saturated heterocycles. The summed E-state index contributed by atoms with van der Waals surface area (Å²) in [6.07, 6.45) is 3.55. The van der Waals surface area contributed by atoms with Gasteiger partial charge in [-0.15, -0.1) is 23.1 Å². The molecular weight excluding hydrogens is 390 g/mol. The number of benzene rings is 1. The van der Waals surface area contributed by atoms with Gasteiger partial charge in [-0.2, -0.15) is 0 Å². The Morgan fingerprint density at radius 3 is 2.82 bits per heavy atom. The minimum absolute atomic E-state index is 0.0795. The minimum atomic E-state index is -0.411. The molecule has 0 saturated carbocycles. The fourth-order valence-electron chi connectivity index (χ4n) is 4.04. The number of thioether (sulfide) groups is 1. The van der Waals surface area contributed by atoms with Crippen molar-refractivity contribution >= 4 is 40.0 Å². The first-order chi connectivity index (χ1) is 13.4. The number of carbonyl (C=O) groups excluding carboxylic acids is 2. The number of fused-ring (bicyclic) bond motifs is 1. The molecule has 3 heterocycles. The quantitative estimate of drug-likeness (QED) is 0.783. The molecule has 2 atom stereocenters. The highest BCUT2D eigenvalue weighted by Gasteiger charge is 2.52. The van der Waals surface area contributed by atoms with E-state index in [0.29, 0.717) is 17.3 Å². The third kappa shape index (κ3) is 3.46. The summed E-state index contributed by atoms with van der Waals surface area (Å²) in [6, 6.07) is 8.07. The summed E-state index contributed by atoms with van der Waals surface area (Å²) < 4.78 is 0. The monoisotopic (exact) mass is 415 g/mol. The van der Waals surface area contributed by atoms with Crippen LogP contribution in [0.1, 0.15) is 43.6 Å². The van der Waals surface area contributed by atoms with Crippen molar-refractivity contribution in [2.75, 3.05) is 11.1 Å². The Hall–Kier alpha value is -1.86. The summed E-state index contributed by atoms with van der Waals surface area (Å²) in [5, 5.41) is 3.56. The van der Waals surface area contributed by atoms with Gasteiger partial charge in [0.15, 0.2) is 5.13 Å². The normalized spacial score (nSPS) is 23.9. The molecule has 2 aliphatic heterocycles. The van der Waals surface area contributed by atoms with E-state index in [1.165, 1.54) is 16.9 Å². The topological polar surface area (TPSA) is 62.3 Å². The highest BCUT2D eigenvalue weighted by Crippen LogP contribution is 2.47. The molecule has 148 valence electrons. The second-order valence-corrected chi connectivity index (χ2v) is 10.3. The molecule has 0 spiro atoms. The van der Waals surface area contributed by atoms with E-state index < -0.39 is 6.04 Å². The zero-order valence-corrected chi connectivity index (χ0v) is 18.1. The van der Waals surface area contributed by atoms with Crippen molar-refractivity contribution in [3.8, 4) is 11.3 Å². The van der Waals surface area contributed by atoms with Crippen LogP contribution in [0.15, 0.2) is 24.3 Å². The van der Waals surface area contributed by atoms with Crippen molar-refractivity contribution in [1.82, 2.24) is 9.88 Å². The highest BCUT2D eigenvalue weighted by atomic mass is 32.2. The number of anilines is 1. The summed E-state index contributed by atoms with van der Waals surface area (Å²) in [4.78, 5) is 32.4. The molecule has 0 aliphatic carbocycles. The first-order valence-corrected chi connectivity index (χ1v) is 11.6. The van der Waals surface area contributed by atoms with E-state index in [2.05, 4.69) is 48.4 Å². The van der Waals surface area contributed by atoms with E-state index in [9.17, 15) is 9.59 Å². The van der Waals surface area contributed by atoms with E-state index in [0.717, 1.165) is 35.4 Å². The van der Waals surface area contributed by atoms with Gasteiger partial charge in [-0.05, 0) is 32.3 Å². The molecule has 0 radical (unpaired) electrons. The standard InChI is InChI=1S/C21H25N3O2S2/c1-4-5-14-6-8-15(9-7-14)18-13(2)28-20(22-18)23-19(26)16-12-27-21(3)11-10-17(25)24(16)21/h6-9,16H,4-5,10-12H2,1-3H3,(H,22,23,26). The molecule has 28 heavy (non-hydrogen) atoms. The Morgan fingerprint density at radius 2 is 2.11 bits per heavy atom. The molecule has 2 aliphatic rings. The van der Waals surface area contributed by atoms with Crippen LogP contribution in [0.4, 0.5) is 5.13 Å². The van der Waals surface area contributed by atoms with Gasteiger partial charge >= 0.3 is 0 Å². The van der Waals surface area contributed by atoms with Crippen LogP contribution >= 0.6 is 23.1 Å². The number of nitrogens with one attached hydrogen (secondary N) is 1. The zero-order valence-electron chi connectivity index (χ0n) is 16.4. The lowest BCUT2D eigenvalue weighted by Gasteiger charge is -2.29. The lowest BCUT2D eigenvalue weighted by molar-refractivity contribution is -0.135. The molecule has 2 unspecified atom stereocenters. The largest absolute Gasteiger partial charge is 0.315 e. The number of amides is 2. The number of thiazole rings is 1. The summed E-state index contributed by atoms with van der Waals surface area (Å²) >= 11 is 3.19. The van der Waals surface area contributed by atoms with Gasteiger partial charge in [0.25, 0.3) is 0 Å². The molecule has 0 bridgehead atoms. The van der Waals surface area contributed by atoms with Gasteiger partial charge in [-0.1, -0.05) is 37.6 Å². The van der Waals surface area contributed by atoms with Gasteiger partial charge in [0, 0.05) is 22.6 Å². The number of hydrogen-bond acceptors (Lipinski definition) is 5. The fraction of sp³-hybridized carbons (Fsp3) is 0.476. The lowest BCUT2D eigenvalue weighted by atomic mass is 10.1. The molecule has 1 N–H and O–H groups in total. The smallest absolute Gasteiger partial charge is 0.249 e. The van der Waals surface area contributed by atoms with Crippen molar-refractivity contribution in [3.63, 3.8) is 0 Å². The maximum atomic E-state index is 12.9. The van der Waals surface area contributed by atoms with Crippen molar-refractivity contribution in [3.05, 3.63) is 34.7 Å². The average molecular weight is 416 g/mol. The maximum Gasteiger partial charge on any atom is 0.249 e. The number of aryl methyl sites for hydroxylation is 2. The fourth-order valence-corrected chi connectivity index (χ4v) is 6.31. The molecule has 1 aromatic heterocycles. The van der Waals surface area contributed by atoms with Crippen molar-refractivity contribution in [2.24, 2.45) is 0 Å². The van der Waals surface area contributed by atoms with E-state index in [-0.39, 0.29) is 16.7 Å². The molecule has 2 amide bonds. The van der Waals surface area contributed by atoms with Crippen LogP contribution in [0.3, 0.4) is 0 Å². The van der Waals surface area contributed by atoms with Crippen molar-refractivity contribution in [1.29, 1.82) is 0 Å². The number of carbonyl (C=O) groups is 2. The number of rotatable bonds is 5. The van der Waals surface area contributed by atoms with Gasteiger partial charge < -0.3 is 10.2 Å². The van der Waals surface area contributed by atoms with Crippen LogP contribution < -0.4 is 5.32 Å². The van der Waals surface area contributed by atoms with E-state index in [1.807, 2.05) is 6.92 Å². The van der Waals surface area contributed by atoms with Crippen LogP contribution in [0.5, 0.6) is 0 Å². The van der Waals surface area contributed by atoms with E-state index in [1.54, 1.807) is 16.7 Å². The first kappa shape index (κ1) is 19.5. The minimum Gasteiger partial charge on any atom is -0.315 e. The second kappa shape index (κ2) is 7.52. The summed E-state index contributed by atoms with van der Waals surface area (Å²) in [7, 11) is 0. The van der Waals surface area contributed by atoms with Crippen LogP contribution in [-0.2, 0) is 16.0 Å². The summed E-state index contributed by atoms with van der Waals surface area (Å²) in [5.74, 6) is 0.588. The first-order valence-electron chi connectivity index (χ1n) is 9.75. The Bertz CT molecular complexity index is 909. The number of aromatic nitrogens is 1. The third-order valence-electron chi connectivity index (χ3n) is 5.54. The van der Waals surface area contributed by atoms with Crippen LogP contribution in [0.25, 0.3) is 11.3 Å². The van der Waals surface area contributed by atoms with E-state index >= 15 is 0 Å². The molecule has 1 aromatic carbocycles. The predicted molar refractivity (Wildman–Crippen MR) is 116 cm³/mol. The third-order valence-corrected chi connectivity index (χ3v) is 7.93. The summed E-state index contributed by atoms with van der Waals surface area (Å²) in [5.41, 5.74) is 3.30. The Labute approximate surface area is 173 Å². The van der Waals surface area contributed by atoms with Crippen molar-refractivity contribution < 1.29 is 9.59 Å². The zero-order chi connectivity index (χ0) is 19.9. The van der Waals surface area contributed by atoms with Crippen molar-refractivity contribution in [2.45, 2.75) is 57.4 Å². The average Bonchev–Trinajstić information content (AvgIpc) is 3.29. The summed E-state index contributed by atoms with van der Waals surface area (Å²) in [6.45, 7) is 6.26. The van der Waals surface area contributed by atoms with E-state index in [4.69, 9.17) is 0 Å². The molecule has 2 fully saturated rings. The number of hydrogen-bond donors (Lipinski definition) is 1. The highest BCUT2D eigenvalue weighted by molar-refractivity contribution is 8.01. The number of nitrogens with zero attached hydrogens (tertiary/aromatic N) is 2. The molecular formula is C21H25N3O2S2. The predicted octanol–water partition coefficient (Wildman–Crippen LogP) is 4.46. The second-order valence-electron chi connectivity index (χ2n) is 7.63. The lowest BCUT2D eigenvalue weighted by Crippen LogP contribution is -2.48. The molecule has 2 aromatic rings. The Kier molecular flexibility index (Phi) is 5.22. The van der Waals surface area contributed by atoms with Crippen LogP contribution in [-0.4, -0.2) is 38.4 Å². The van der Waals surface area contributed by atoms with Gasteiger partial charge in [-0.25, -0.2) is 4.98 Å². The maximum absolute atomic E-state index is 12.9. The van der Waals surface area contributed by atoms with Gasteiger partial charge in [0.05, 0.1) is 10.6 Å². The molecule has 4 rings (SSSR count). The van der Waals surface area contributed by atoms with Gasteiger partial charge in [0.1, 0.15) is 6.04 Å². The van der Waals surface area contributed by atoms with Crippen LogP contribution in [0, 0.1) is 6.92 Å². The van der Waals surface area contributed by atoms with Gasteiger partial charge in [0.2, 0.25) is 11.8 Å². The molecule has 5 nitrogen and oxygen atoms in total. The molecule has 7 heteroatoms. The van der Waals surface area contributed by atoms with Crippen LogP contribution in [0.2, 0.25) is 0 Å². The van der Waals surface area contributed by atoms with Gasteiger partial charge in [-0.3, -0.25) is 9.59 Å².